The van der Waals surface area contributed by atoms with Gasteiger partial charge in [-0.1, -0.05) is 6.92 Å². The number of benzene rings is 1. The lowest BCUT2D eigenvalue weighted by Gasteiger charge is -2.08. The summed E-state index contributed by atoms with van der Waals surface area (Å²) in [5.74, 6) is -1.40. The maximum absolute atomic E-state index is 11.8. The van der Waals surface area contributed by atoms with Crippen LogP contribution in [0, 0.1) is 0 Å². The van der Waals surface area contributed by atoms with Gasteiger partial charge in [0.25, 0.3) is 0 Å². The van der Waals surface area contributed by atoms with Crippen LogP contribution in [0.1, 0.15) is 44.4 Å². The van der Waals surface area contributed by atoms with E-state index in [0.29, 0.717) is 0 Å². The standard InChI is InChI=1S/C13H14O5/c1-4-11(14)10-7-8(12(15)17-2)5-6-9(10)13(16)18-3/h5-7H,4H2,1-3H3. The van der Waals surface area contributed by atoms with E-state index in [2.05, 4.69) is 9.47 Å². The van der Waals surface area contributed by atoms with Gasteiger partial charge >= 0.3 is 11.9 Å². The normalized spacial score (nSPS) is 9.72. The molecular weight excluding hydrogens is 236 g/mol. The summed E-state index contributed by atoms with van der Waals surface area (Å²) in [6, 6.07) is 4.16. The first-order chi connectivity index (χ1) is 8.54. The van der Waals surface area contributed by atoms with Crippen molar-refractivity contribution in [2.75, 3.05) is 14.2 Å². The minimum absolute atomic E-state index is 0.150. The fourth-order valence-corrected chi connectivity index (χ4v) is 1.50. The van der Waals surface area contributed by atoms with Crippen molar-refractivity contribution < 1.29 is 23.9 Å². The lowest BCUT2D eigenvalue weighted by molar-refractivity contribution is 0.0584. The molecule has 0 aromatic heterocycles. The average Bonchev–Trinajstić information content (AvgIpc) is 2.43. The highest BCUT2D eigenvalue weighted by Crippen LogP contribution is 2.16. The third-order valence-corrected chi connectivity index (χ3v) is 2.47. The van der Waals surface area contributed by atoms with Gasteiger partial charge in [0.1, 0.15) is 0 Å². The van der Waals surface area contributed by atoms with Crippen LogP contribution in [0.15, 0.2) is 18.2 Å². The monoisotopic (exact) mass is 250 g/mol. The highest BCUT2D eigenvalue weighted by atomic mass is 16.5. The van der Waals surface area contributed by atoms with Crippen LogP contribution in [-0.4, -0.2) is 31.9 Å². The number of rotatable bonds is 4. The molecule has 0 atom stereocenters. The van der Waals surface area contributed by atoms with Crippen molar-refractivity contribution in [3.8, 4) is 0 Å². The lowest BCUT2D eigenvalue weighted by Crippen LogP contribution is -2.12. The fourth-order valence-electron chi connectivity index (χ4n) is 1.50. The molecule has 0 spiro atoms. The Balaban J connectivity index is 3.33. The van der Waals surface area contributed by atoms with E-state index in [0.717, 1.165) is 0 Å². The number of Topliss-reactive ketones (excluding diaryl/α,β-unsaturated/α-hetero) is 1. The first-order valence-electron chi connectivity index (χ1n) is 5.39. The van der Waals surface area contributed by atoms with Crippen LogP contribution in [0.3, 0.4) is 0 Å². The number of hydrogen-bond donors (Lipinski definition) is 0. The first-order valence-corrected chi connectivity index (χ1v) is 5.39. The largest absolute Gasteiger partial charge is 0.465 e. The Morgan fingerprint density at radius 1 is 1.00 bits per heavy atom. The van der Waals surface area contributed by atoms with Crippen LogP contribution in [0.25, 0.3) is 0 Å². The fraction of sp³-hybridized carbons (Fsp3) is 0.308. The molecule has 0 amide bonds. The maximum atomic E-state index is 11.8. The van der Waals surface area contributed by atoms with E-state index in [4.69, 9.17) is 0 Å². The molecule has 5 nitrogen and oxygen atoms in total. The molecule has 0 heterocycles. The topological polar surface area (TPSA) is 69.7 Å². The van der Waals surface area contributed by atoms with Crippen molar-refractivity contribution in [2.45, 2.75) is 13.3 Å². The summed E-state index contributed by atoms with van der Waals surface area (Å²) in [5, 5.41) is 0. The van der Waals surface area contributed by atoms with E-state index in [-0.39, 0.29) is 28.9 Å². The van der Waals surface area contributed by atoms with Crippen molar-refractivity contribution >= 4 is 17.7 Å². The Morgan fingerprint density at radius 2 is 1.61 bits per heavy atom. The molecule has 0 aliphatic carbocycles. The number of ketones is 1. The SMILES string of the molecule is CCC(=O)c1cc(C(=O)OC)ccc1C(=O)OC. The summed E-state index contributed by atoms with van der Waals surface area (Å²) >= 11 is 0. The van der Waals surface area contributed by atoms with Crippen LogP contribution >= 0.6 is 0 Å². The minimum atomic E-state index is -0.608. The number of esters is 2. The molecule has 0 unspecified atom stereocenters. The van der Waals surface area contributed by atoms with Gasteiger partial charge in [-0.05, 0) is 18.2 Å². The third kappa shape index (κ3) is 2.74. The van der Waals surface area contributed by atoms with Gasteiger partial charge in [0, 0.05) is 12.0 Å². The Kier molecular flexibility index (Phi) is 4.59. The van der Waals surface area contributed by atoms with Gasteiger partial charge in [-0.15, -0.1) is 0 Å². The number of carbonyl (C=O) groups is 3. The summed E-state index contributed by atoms with van der Waals surface area (Å²) in [6.45, 7) is 1.67. The first kappa shape index (κ1) is 13.9. The van der Waals surface area contributed by atoms with Crippen LogP contribution in [0.5, 0.6) is 0 Å². The molecule has 0 saturated carbocycles. The number of carbonyl (C=O) groups excluding carboxylic acids is 3. The predicted molar refractivity (Wildman–Crippen MR) is 63.7 cm³/mol. The van der Waals surface area contributed by atoms with Gasteiger partial charge in [-0.25, -0.2) is 9.59 Å². The van der Waals surface area contributed by atoms with Gasteiger partial charge in [0.05, 0.1) is 25.3 Å². The lowest BCUT2D eigenvalue weighted by atomic mass is 9.99. The van der Waals surface area contributed by atoms with Crippen molar-refractivity contribution in [3.63, 3.8) is 0 Å². The molecule has 0 fully saturated rings. The highest BCUT2D eigenvalue weighted by molar-refractivity contribution is 6.07. The zero-order valence-corrected chi connectivity index (χ0v) is 10.5. The van der Waals surface area contributed by atoms with Gasteiger partial charge in [-0.2, -0.15) is 0 Å². The summed E-state index contributed by atoms with van der Waals surface area (Å²) < 4.78 is 9.16. The predicted octanol–water partition coefficient (Wildman–Crippen LogP) is 1.85. The van der Waals surface area contributed by atoms with Gasteiger partial charge in [0.2, 0.25) is 0 Å². The number of methoxy groups -OCH3 is 2. The molecule has 0 N–H and O–H groups in total. The molecule has 0 aliphatic rings. The molecule has 0 bridgehead atoms. The molecule has 1 aromatic carbocycles. The number of hydrogen-bond acceptors (Lipinski definition) is 5. The van der Waals surface area contributed by atoms with E-state index >= 15 is 0 Å². The molecule has 5 heteroatoms. The van der Waals surface area contributed by atoms with Crippen LogP contribution in [0.4, 0.5) is 0 Å². The Hall–Kier alpha value is -2.17. The molecule has 0 aliphatic heterocycles. The maximum Gasteiger partial charge on any atom is 0.338 e. The van der Waals surface area contributed by atoms with E-state index in [1.54, 1.807) is 6.92 Å². The molecule has 1 rings (SSSR count). The highest BCUT2D eigenvalue weighted by Gasteiger charge is 2.19. The second-order valence-electron chi connectivity index (χ2n) is 3.52. The summed E-state index contributed by atoms with van der Waals surface area (Å²) in [6.07, 6.45) is 0.231. The van der Waals surface area contributed by atoms with Crippen molar-refractivity contribution in [1.82, 2.24) is 0 Å². The van der Waals surface area contributed by atoms with E-state index in [1.807, 2.05) is 0 Å². The van der Waals surface area contributed by atoms with Crippen LogP contribution in [-0.2, 0) is 9.47 Å². The molecule has 0 radical (unpaired) electrons. The van der Waals surface area contributed by atoms with Crippen molar-refractivity contribution in [1.29, 1.82) is 0 Å². The third-order valence-electron chi connectivity index (χ3n) is 2.47. The zero-order valence-electron chi connectivity index (χ0n) is 10.5. The van der Waals surface area contributed by atoms with Crippen LogP contribution < -0.4 is 0 Å². The average molecular weight is 250 g/mol. The van der Waals surface area contributed by atoms with Gasteiger partial charge in [0.15, 0.2) is 5.78 Å². The van der Waals surface area contributed by atoms with Crippen molar-refractivity contribution in [3.05, 3.63) is 34.9 Å². The van der Waals surface area contributed by atoms with Gasteiger partial charge in [-0.3, -0.25) is 4.79 Å². The smallest absolute Gasteiger partial charge is 0.338 e. The quantitative estimate of drug-likeness (QED) is 0.602. The molecule has 18 heavy (non-hydrogen) atoms. The Morgan fingerprint density at radius 3 is 2.11 bits per heavy atom. The van der Waals surface area contributed by atoms with Crippen LogP contribution in [0.2, 0.25) is 0 Å². The molecular formula is C13H14O5. The summed E-state index contributed by atoms with van der Waals surface area (Å²) in [5.41, 5.74) is 0.547. The van der Waals surface area contributed by atoms with E-state index < -0.39 is 11.9 Å². The molecule has 0 saturated heterocycles. The second kappa shape index (κ2) is 5.95. The minimum Gasteiger partial charge on any atom is -0.465 e. The molecule has 1 aromatic rings. The zero-order chi connectivity index (χ0) is 13.7. The van der Waals surface area contributed by atoms with E-state index in [9.17, 15) is 14.4 Å². The van der Waals surface area contributed by atoms with E-state index in [1.165, 1.54) is 32.4 Å². The second-order valence-corrected chi connectivity index (χ2v) is 3.52. The van der Waals surface area contributed by atoms with Gasteiger partial charge < -0.3 is 9.47 Å². The molecule has 96 valence electrons. The number of ether oxygens (including phenoxy) is 2. The van der Waals surface area contributed by atoms with Crippen molar-refractivity contribution in [2.24, 2.45) is 0 Å². The Labute approximate surface area is 105 Å². The summed E-state index contributed by atoms with van der Waals surface area (Å²) in [4.78, 5) is 34.7. The Bertz CT molecular complexity index is 490. The summed E-state index contributed by atoms with van der Waals surface area (Å²) in [7, 11) is 2.48.